The molecule has 1 aliphatic carbocycles. The van der Waals surface area contributed by atoms with Crippen molar-refractivity contribution in [3.63, 3.8) is 0 Å². The second kappa shape index (κ2) is 10.5. The molecule has 0 radical (unpaired) electrons. The summed E-state index contributed by atoms with van der Waals surface area (Å²) in [4.78, 5) is 34.3. The Kier molecular flexibility index (Phi) is 7.32. The van der Waals surface area contributed by atoms with Crippen molar-refractivity contribution in [1.29, 1.82) is 0 Å². The number of H-pyrrole nitrogens is 1. The first-order chi connectivity index (χ1) is 18.2. The van der Waals surface area contributed by atoms with E-state index in [4.69, 9.17) is 0 Å². The number of pyridine rings is 1. The number of hydrogen-bond acceptors (Lipinski definition) is 3. The molecule has 2 aromatic heterocycles. The number of halogens is 1. The predicted octanol–water partition coefficient (Wildman–Crippen LogP) is 6.91. The van der Waals surface area contributed by atoms with Crippen molar-refractivity contribution in [3.8, 4) is 0 Å². The molecule has 1 saturated carbocycles. The van der Waals surface area contributed by atoms with E-state index in [1.807, 2.05) is 31.2 Å². The zero-order valence-corrected chi connectivity index (χ0v) is 24.2. The Morgan fingerprint density at radius 1 is 1.18 bits per heavy atom. The molecule has 6 nitrogen and oxygen atoms in total. The molecule has 0 bridgehead atoms. The van der Waals surface area contributed by atoms with Crippen LogP contribution in [0.2, 0.25) is 0 Å². The second-order valence-corrected chi connectivity index (χ2v) is 12.1. The Morgan fingerprint density at radius 2 is 1.92 bits per heavy atom. The number of carbonyl (C=O) groups excluding carboxylic acids is 2. The van der Waals surface area contributed by atoms with Gasteiger partial charge in [-0.25, -0.2) is 0 Å². The largest absolute Gasteiger partial charge is 0.361 e. The molecule has 3 unspecified atom stereocenters. The molecule has 0 spiro atoms. The Morgan fingerprint density at radius 3 is 2.63 bits per heavy atom. The highest BCUT2D eigenvalue weighted by Gasteiger charge is 2.41. The normalized spacial score (nSPS) is 22.9. The molecule has 2 aliphatic rings. The smallest absolute Gasteiger partial charge is 0.256 e. The fourth-order valence-electron chi connectivity index (χ4n) is 6.57. The van der Waals surface area contributed by atoms with Gasteiger partial charge in [0.05, 0.1) is 5.56 Å². The van der Waals surface area contributed by atoms with Gasteiger partial charge in [0, 0.05) is 57.5 Å². The van der Waals surface area contributed by atoms with E-state index in [0.29, 0.717) is 18.4 Å². The molecule has 5 rings (SSSR count). The van der Waals surface area contributed by atoms with E-state index in [0.717, 1.165) is 62.2 Å². The van der Waals surface area contributed by atoms with Gasteiger partial charge in [0.1, 0.15) is 0 Å². The zero-order chi connectivity index (χ0) is 27.1. The fourth-order valence-corrected chi connectivity index (χ4v) is 6.93. The monoisotopic (exact) mass is 574 g/mol. The van der Waals surface area contributed by atoms with Gasteiger partial charge in [-0.1, -0.05) is 42.3 Å². The van der Waals surface area contributed by atoms with E-state index in [1.165, 1.54) is 5.57 Å². The van der Waals surface area contributed by atoms with Gasteiger partial charge in [-0.3, -0.25) is 14.6 Å². The number of carbonyl (C=O) groups is 2. The van der Waals surface area contributed by atoms with Gasteiger partial charge >= 0.3 is 0 Å². The van der Waals surface area contributed by atoms with E-state index in [-0.39, 0.29) is 23.7 Å². The first-order valence-electron chi connectivity index (χ1n) is 13.4. The fraction of sp³-hybridized carbons (Fsp3) is 0.387. The molecule has 3 heterocycles. The van der Waals surface area contributed by atoms with Crippen molar-refractivity contribution < 1.29 is 9.59 Å². The van der Waals surface area contributed by atoms with Crippen molar-refractivity contribution in [3.05, 3.63) is 86.4 Å². The first-order valence-corrected chi connectivity index (χ1v) is 14.2. The lowest BCUT2D eigenvalue weighted by molar-refractivity contribution is -0.110. The van der Waals surface area contributed by atoms with Crippen LogP contribution in [0, 0.1) is 31.6 Å². The lowest BCUT2D eigenvalue weighted by Gasteiger charge is -2.40. The summed E-state index contributed by atoms with van der Waals surface area (Å²) < 4.78 is 0.964. The van der Waals surface area contributed by atoms with E-state index >= 15 is 0 Å². The van der Waals surface area contributed by atoms with Gasteiger partial charge in [-0.2, -0.15) is 0 Å². The molecule has 2 amide bonds. The molecule has 0 saturated heterocycles. The lowest BCUT2D eigenvalue weighted by atomic mass is 9.64. The Balaban J connectivity index is 1.53. The van der Waals surface area contributed by atoms with Gasteiger partial charge in [0.15, 0.2) is 0 Å². The summed E-state index contributed by atoms with van der Waals surface area (Å²) in [6.45, 7) is 11.2. The first kappa shape index (κ1) is 26.4. The number of aryl methyl sites for hydroxylation is 1. The molecule has 3 aromatic rings. The number of amides is 2. The highest BCUT2D eigenvalue weighted by Crippen LogP contribution is 2.51. The van der Waals surface area contributed by atoms with Crippen molar-refractivity contribution in [2.24, 2.45) is 17.8 Å². The van der Waals surface area contributed by atoms with E-state index in [1.54, 1.807) is 12.4 Å². The molecule has 3 atom stereocenters. The third-order valence-electron chi connectivity index (χ3n) is 8.10. The van der Waals surface area contributed by atoms with Crippen molar-refractivity contribution in [2.45, 2.75) is 59.9 Å². The molecule has 1 aliphatic heterocycles. The second-order valence-electron chi connectivity index (χ2n) is 11.2. The van der Waals surface area contributed by atoms with Crippen LogP contribution in [0.1, 0.15) is 78.0 Å². The van der Waals surface area contributed by atoms with Crippen molar-refractivity contribution >= 4 is 39.0 Å². The van der Waals surface area contributed by atoms with Crippen LogP contribution in [-0.2, 0) is 11.3 Å². The molecule has 38 heavy (non-hydrogen) atoms. The summed E-state index contributed by atoms with van der Waals surface area (Å²) in [5.41, 5.74) is 8.64. The van der Waals surface area contributed by atoms with Crippen LogP contribution in [0.25, 0.3) is 5.57 Å². The highest BCUT2D eigenvalue weighted by molar-refractivity contribution is 9.10. The van der Waals surface area contributed by atoms with Crippen LogP contribution in [0.3, 0.4) is 0 Å². The van der Waals surface area contributed by atoms with Crippen LogP contribution < -0.4 is 10.6 Å². The molecule has 3 N–H and O–H groups in total. The Labute approximate surface area is 232 Å². The lowest BCUT2D eigenvalue weighted by Crippen LogP contribution is -2.31. The number of anilines is 1. The summed E-state index contributed by atoms with van der Waals surface area (Å²) >= 11 is 3.59. The third kappa shape index (κ3) is 4.84. The summed E-state index contributed by atoms with van der Waals surface area (Å²) in [7, 11) is 0. The van der Waals surface area contributed by atoms with Crippen molar-refractivity contribution in [2.75, 3.05) is 5.32 Å². The van der Waals surface area contributed by atoms with E-state index < -0.39 is 0 Å². The predicted molar refractivity (Wildman–Crippen MR) is 155 cm³/mol. The highest BCUT2D eigenvalue weighted by atomic mass is 79.9. The Bertz CT molecular complexity index is 1420. The van der Waals surface area contributed by atoms with Gasteiger partial charge in [0.2, 0.25) is 0 Å². The summed E-state index contributed by atoms with van der Waals surface area (Å²) in [5.74, 6) is 1.02. The van der Waals surface area contributed by atoms with Crippen LogP contribution in [-0.4, -0.2) is 21.8 Å². The standard InChI is InChI=1S/C31H35BrN4O2/c1-16(2)26-23(28-22-14-21(32)6-7-25(22)36-31(28)38)12-17(3)13-24(26)29-18(4)27(19(5)35-29)30(37)34-15-20-8-10-33-11-9-20/h6-11,14,16-17,24,26,35H,12-13,15H2,1-5H3,(H,34,37)(H,36,38). The average molecular weight is 576 g/mol. The minimum absolute atomic E-state index is 0.0119. The number of hydrogen-bond donors (Lipinski definition) is 3. The minimum atomic E-state index is -0.0724. The Hall–Kier alpha value is -3.19. The van der Waals surface area contributed by atoms with Crippen molar-refractivity contribution in [1.82, 2.24) is 15.3 Å². The number of aromatic amines is 1. The number of nitrogens with one attached hydrogen (secondary N) is 3. The zero-order valence-electron chi connectivity index (χ0n) is 22.6. The molecular weight excluding hydrogens is 540 g/mol. The minimum Gasteiger partial charge on any atom is -0.361 e. The molecule has 198 valence electrons. The summed E-state index contributed by atoms with van der Waals surface area (Å²) in [6, 6.07) is 9.80. The van der Waals surface area contributed by atoms with Crippen LogP contribution in [0.15, 0.2) is 52.8 Å². The molecule has 7 heteroatoms. The van der Waals surface area contributed by atoms with Gasteiger partial charge in [-0.15, -0.1) is 0 Å². The van der Waals surface area contributed by atoms with E-state index in [9.17, 15) is 9.59 Å². The number of rotatable bonds is 5. The SMILES string of the molecule is Cc1[nH]c(C2CC(C)CC(=C3C(=O)Nc4ccc(Br)cc43)C2C(C)C)c(C)c1C(=O)NCc1ccncc1. The number of nitrogens with zero attached hydrogens (tertiary/aromatic N) is 1. The van der Waals surface area contributed by atoms with Gasteiger partial charge < -0.3 is 15.6 Å². The summed E-state index contributed by atoms with van der Waals surface area (Å²) in [5, 5.41) is 6.16. The molecule has 1 fully saturated rings. The van der Waals surface area contributed by atoms with Crippen LogP contribution in [0.5, 0.6) is 0 Å². The summed E-state index contributed by atoms with van der Waals surface area (Å²) in [6.07, 6.45) is 5.37. The van der Waals surface area contributed by atoms with Crippen LogP contribution >= 0.6 is 15.9 Å². The molecular formula is C31H35BrN4O2. The van der Waals surface area contributed by atoms with Crippen LogP contribution in [0.4, 0.5) is 5.69 Å². The number of allylic oxidation sites excluding steroid dienone is 1. The third-order valence-corrected chi connectivity index (χ3v) is 8.60. The molecule has 1 aromatic carbocycles. The number of fused-ring (bicyclic) bond motifs is 1. The van der Waals surface area contributed by atoms with Gasteiger partial charge in [0.25, 0.3) is 11.8 Å². The number of aromatic nitrogens is 2. The number of benzene rings is 1. The quantitative estimate of drug-likeness (QED) is 0.289. The van der Waals surface area contributed by atoms with E-state index in [2.05, 4.69) is 70.3 Å². The topological polar surface area (TPSA) is 86.9 Å². The van der Waals surface area contributed by atoms with Gasteiger partial charge in [-0.05, 0) is 85.9 Å². The maximum absolute atomic E-state index is 13.3. The average Bonchev–Trinajstić information content (AvgIpc) is 3.36. The maximum atomic E-state index is 13.3. The maximum Gasteiger partial charge on any atom is 0.256 e.